The van der Waals surface area contributed by atoms with Crippen LogP contribution in [0.1, 0.15) is 20.8 Å². The maximum absolute atomic E-state index is 12.4. The van der Waals surface area contributed by atoms with Crippen LogP contribution in [0, 0.1) is 0 Å². The molecule has 2 rings (SSSR count). The summed E-state index contributed by atoms with van der Waals surface area (Å²) in [5.74, 6) is -0.524. The highest BCUT2D eigenvalue weighted by atomic mass is 32.2. The fraction of sp³-hybridized carbons (Fsp3) is 0.176. The fourth-order valence-electron chi connectivity index (χ4n) is 2.09. The van der Waals surface area contributed by atoms with E-state index in [4.69, 9.17) is 0 Å². The molecule has 0 aromatic rings. The van der Waals surface area contributed by atoms with E-state index in [1.807, 2.05) is 39.0 Å². The Kier molecular flexibility index (Phi) is 5.74. The lowest BCUT2D eigenvalue weighted by Gasteiger charge is -2.26. The number of carbonyl (C=O) groups excluding carboxylic acids is 2. The van der Waals surface area contributed by atoms with Crippen molar-refractivity contribution in [3.05, 3.63) is 68.0 Å². The van der Waals surface area contributed by atoms with Gasteiger partial charge in [0.2, 0.25) is 0 Å². The molecule has 0 bridgehead atoms. The van der Waals surface area contributed by atoms with Crippen LogP contribution in [0.15, 0.2) is 68.0 Å². The third kappa shape index (κ3) is 3.54. The number of allylic oxidation sites excluding steroid dienone is 5. The van der Waals surface area contributed by atoms with Crippen molar-refractivity contribution in [3.8, 4) is 0 Å². The van der Waals surface area contributed by atoms with Gasteiger partial charge in [-0.25, -0.2) is 0 Å². The molecule has 120 valence electrons. The standard InChI is InChI=1S/C17H18N2O2S2/c1-5-9-11-13(8-4)23-15(17(21)19-11)14-16(20)18-10(6-2)12(7-3)22-14/h5-9H,1H2,2-4H3,(H,18,20)(H,19,21)/b10-6+,11-9+,12-7+,13-8+,15-14+. The molecule has 2 N–H and O–H groups in total. The van der Waals surface area contributed by atoms with Crippen LogP contribution in [0.2, 0.25) is 0 Å². The summed E-state index contributed by atoms with van der Waals surface area (Å²) >= 11 is 2.63. The van der Waals surface area contributed by atoms with Crippen LogP contribution in [0.4, 0.5) is 0 Å². The van der Waals surface area contributed by atoms with Gasteiger partial charge in [-0.15, -0.1) is 0 Å². The molecule has 2 heterocycles. The average molecular weight is 346 g/mol. The highest BCUT2D eigenvalue weighted by Gasteiger charge is 2.32. The molecule has 0 aromatic heterocycles. The lowest BCUT2D eigenvalue weighted by Crippen LogP contribution is -2.34. The van der Waals surface area contributed by atoms with E-state index in [9.17, 15) is 9.59 Å². The first kappa shape index (κ1) is 17.4. The van der Waals surface area contributed by atoms with E-state index in [0.717, 1.165) is 15.5 Å². The summed E-state index contributed by atoms with van der Waals surface area (Å²) in [5.41, 5.74) is 1.47. The molecule has 2 aliphatic heterocycles. The largest absolute Gasteiger partial charge is 0.321 e. The maximum Gasteiger partial charge on any atom is 0.263 e. The van der Waals surface area contributed by atoms with Crippen LogP contribution in [-0.4, -0.2) is 11.8 Å². The van der Waals surface area contributed by atoms with Crippen molar-refractivity contribution in [1.29, 1.82) is 0 Å². The van der Waals surface area contributed by atoms with Crippen LogP contribution >= 0.6 is 23.5 Å². The van der Waals surface area contributed by atoms with Gasteiger partial charge in [0.25, 0.3) is 11.8 Å². The van der Waals surface area contributed by atoms with E-state index < -0.39 is 0 Å². The van der Waals surface area contributed by atoms with Crippen molar-refractivity contribution in [3.63, 3.8) is 0 Å². The lowest BCUT2D eigenvalue weighted by molar-refractivity contribution is -0.118. The minimum atomic E-state index is -0.272. The first-order chi connectivity index (χ1) is 11.0. The van der Waals surface area contributed by atoms with Gasteiger partial charge >= 0.3 is 0 Å². The number of amides is 2. The number of carbonyl (C=O) groups is 2. The molecule has 0 saturated carbocycles. The molecule has 4 nitrogen and oxygen atoms in total. The molecule has 23 heavy (non-hydrogen) atoms. The van der Waals surface area contributed by atoms with Gasteiger partial charge in [-0.2, -0.15) is 0 Å². The summed E-state index contributed by atoms with van der Waals surface area (Å²) in [6.45, 7) is 9.31. The van der Waals surface area contributed by atoms with E-state index in [2.05, 4.69) is 17.2 Å². The number of rotatable bonds is 1. The van der Waals surface area contributed by atoms with Gasteiger partial charge in [0.15, 0.2) is 0 Å². The zero-order valence-corrected chi connectivity index (χ0v) is 14.9. The Morgan fingerprint density at radius 2 is 1.30 bits per heavy atom. The van der Waals surface area contributed by atoms with Crippen molar-refractivity contribution in [2.75, 3.05) is 0 Å². The zero-order chi connectivity index (χ0) is 17.0. The van der Waals surface area contributed by atoms with Crippen molar-refractivity contribution >= 4 is 35.3 Å². The summed E-state index contributed by atoms with van der Waals surface area (Å²) in [7, 11) is 0. The fourth-order valence-corrected chi connectivity index (χ4v) is 4.18. The van der Waals surface area contributed by atoms with Crippen LogP contribution in [-0.2, 0) is 9.59 Å². The minimum absolute atomic E-state index is 0.252. The Morgan fingerprint density at radius 3 is 1.74 bits per heavy atom. The highest BCUT2D eigenvalue weighted by Crippen LogP contribution is 2.43. The first-order valence-electron chi connectivity index (χ1n) is 7.10. The predicted molar refractivity (Wildman–Crippen MR) is 98.0 cm³/mol. The number of hydrogen-bond acceptors (Lipinski definition) is 4. The predicted octanol–water partition coefficient (Wildman–Crippen LogP) is 3.71. The Morgan fingerprint density at radius 1 is 0.826 bits per heavy atom. The van der Waals surface area contributed by atoms with E-state index in [0.29, 0.717) is 15.5 Å². The van der Waals surface area contributed by atoms with Gasteiger partial charge in [-0.1, -0.05) is 54.4 Å². The van der Waals surface area contributed by atoms with E-state index in [-0.39, 0.29) is 11.8 Å². The molecule has 0 spiro atoms. The van der Waals surface area contributed by atoms with E-state index in [1.54, 1.807) is 12.2 Å². The Bertz CT molecular complexity index is 725. The minimum Gasteiger partial charge on any atom is -0.321 e. The molecule has 6 heteroatoms. The zero-order valence-electron chi connectivity index (χ0n) is 13.2. The molecule has 0 aromatic carbocycles. The highest BCUT2D eigenvalue weighted by molar-refractivity contribution is 8.11. The third-order valence-electron chi connectivity index (χ3n) is 3.17. The first-order valence-corrected chi connectivity index (χ1v) is 8.74. The average Bonchev–Trinajstić information content (AvgIpc) is 2.55. The van der Waals surface area contributed by atoms with Gasteiger partial charge < -0.3 is 10.6 Å². The van der Waals surface area contributed by atoms with Crippen molar-refractivity contribution < 1.29 is 9.59 Å². The van der Waals surface area contributed by atoms with Gasteiger partial charge in [0, 0.05) is 9.81 Å². The van der Waals surface area contributed by atoms with Gasteiger partial charge in [-0.05, 0) is 26.8 Å². The molecular formula is C17H18N2O2S2. The van der Waals surface area contributed by atoms with Crippen LogP contribution in [0.25, 0.3) is 0 Å². The van der Waals surface area contributed by atoms with Gasteiger partial charge in [-0.3, -0.25) is 9.59 Å². The van der Waals surface area contributed by atoms with Crippen LogP contribution in [0.5, 0.6) is 0 Å². The van der Waals surface area contributed by atoms with Crippen molar-refractivity contribution in [2.24, 2.45) is 0 Å². The van der Waals surface area contributed by atoms with Crippen molar-refractivity contribution in [2.45, 2.75) is 20.8 Å². The summed E-state index contributed by atoms with van der Waals surface area (Å²) in [4.78, 5) is 27.4. The summed E-state index contributed by atoms with van der Waals surface area (Å²) in [6.07, 6.45) is 9.03. The maximum atomic E-state index is 12.4. The second kappa shape index (κ2) is 7.57. The quantitative estimate of drug-likeness (QED) is 0.711. The SMILES string of the molecule is C=C/C=C1/NC(=O)/C(=C2\SC(=C/C)/C(=C\C)NC2=O)S/C1=C/C. The van der Waals surface area contributed by atoms with Crippen molar-refractivity contribution in [1.82, 2.24) is 10.6 Å². The molecule has 2 aliphatic rings. The number of hydrogen-bond donors (Lipinski definition) is 2. The second-order valence-electron chi connectivity index (χ2n) is 4.59. The molecule has 0 unspecified atom stereocenters. The van der Waals surface area contributed by atoms with Gasteiger partial charge in [0.1, 0.15) is 0 Å². The number of thioether (sulfide) groups is 2. The summed E-state index contributed by atoms with van der Waals surface area (Å²) < 4.78 is 0. The normalized spacial score (nSPS) is 29.2. The van der Waals surface area contributed by atoms with E-state index >= 15 is 0 Å². The smallest absolute Gasteiger partial charge is 0.263 e. The lowest BCUT2D eigenvalue weighted by atomic mass is 10.3. The third-order valence-corrected chi connectivity index (χ3v) is 5.84. The Labute approximate surface area is 144 Å². The molecule has 2 saturated heterocycles. The summed E-state index contributed by atoms with van der Waals surface area (Å²) in [5, 5.41) is 5.66. The molecule has 0 radical (unpaired) electrons. The van der Waals surface area contributed by atoms with Gasteiger partial charge in [0.05, 0.1) is 21.2 Å². The van der Waals surface area contributed by atoms with E-state index in [1.165, 1.54) is 23.5 Å². The molecular weight excluding hydrogens is 328 g/mol. The monoisotopic (exact) mass is 346 g/mol. The Hall–Kier alpha value is -1.92. The topological polar surface area (TPSA) is 58.2 Å². The number of nitrogens with one attached hydrogen (secondary N) is 2. The van der Waals surface area contributed by atoms with Crippen LogP contribution < -0.4 is 10.6 Å². The molecule has 2 fully saturated rings. The Balaban J connectivity index is 2.45. The molecule has 0 aliphatic carbocycles. The molecule has 2 amide bonds. The van der Waals surface area contributed by atoms with Crippen LogP contribution in [0.3, 0.4) is 0 Å². The molecule has 0 atom stereocenters. The second-order valence-corrected chi connectivity index (χ2v) is 6.70. The summed E-state index contributed by atoms with van der Waals surface area (Å²) in [6, 6.07) is 0.